The van der Waals surface area contributed by atoms with E-state index in [-0.39, 0.29) is 12.0 Å². The topological polar surface area (TPSA) is 47.6 Å². The summed E-state index contributed by atoms with van der Waals surface area (Å²) < 4.78 is 10.5. The number of hydrogen-bond donors (Lipinski definition) is 1. The SMILES string of the molecule is COC(CNC(=O)C1=CCCCO1)C(C)C. The van der Waals surface area contributed by atoms with Crippen molar-refractivity contribution >= 4 is 5.91 Å². The van der Waals surface area contributed by atoms with Crippen molar-refractivity contribution in [2.75, 3.05) is 20.3 Å². The van der Waals surface area contributed by atoms with E-state index in [1.807, 2.05) is 6.08 Å². The van der Waals surface area contributed by atoms with E-state index < -0.39 is 0 Å². The molecule has 4 heteroatoms. The Labute approximate surface area is 97.0 Å². The normalized spacial score (nSPS) is 17.6. The summed E-state index contributed by atoms with van der Waals surface area (Å²) in [6, 6.07) is 0. The number of nitrogens with one attached hydrogen (secondary N) is 1. The van der Waals surface area contributed by atoms with Gasteiger partial charge in [-0.15, -0.1) is 0 Å². The third kappa shape index (κ3) is 3.85. The third-order valence-electron chi connectivity index (χ3n) is 2.67. The Bertz CT molecular complexity index is 261. The van der Waals surface area contributed by atoms with Crippen molar-refractivity contribution in [3.63, 3.8) is 0 Å². The van der Waals surface area contributed by atoms with Gasteiger partial charge < -0.3 is 14.8 Å². The lowest BCUT2D eigenvalue weighted by Crippen LogP contribution is -2.37. The first-order valence-electron chi connectivity index (χ1n) is 5.79. The van der Waals surface area contributed by atoms with Gasteiger partial charge in [-0.25, -0.2) is 0 Å². The molecule has 4 nitrogen and oxygen atoms in total. The summed E-state index contributed by atoms with van der Waals surface area (Å²) in [4.78, 5) is 11.7. The smallest absolute Gasteiger partial charge is 0.286 e. The Hall–Kier alpha value is -1.03. The van der Waals surface area contributed by atoms with Crippen LogP contribution in [0.5, 0.6) is 0 Å². The van der Waals surface area contributed by atoms with Crippen LogP contribution in [0.15, 0.2) is 11.8 Å². The summed E-state index contributed by atoms with van der Waals surface area (Å²) in [7, 11) is 1.66. The van der Waals surface area contributed by atoms with E-state index in [1.165, 1.54) is 0 Å². The van der Waals surface area contributed by atoms with Gasteiger partial charge in [-0.05, 0) is 24.8 Å². The van der Waals surface area contributed by atoms with Crippen LogP contribution in [0.3, 0.4) is 0 Å². The zero-order valence-electron chi connectivity index (χ0n) is 10.3. The molecule has 92 valence electrons. The van der Waals surface area contributed by atoms with Crippen LogP contribution in [0, 0.1) is 5.92 Å². The molecule has 1 aliphatic heterocycles. The maximum Gasteiger partial charge on any atom is 0.286 e. The number of amides is 1. The molecule has 0 aromatic heterocycles. The molecule has 0 fully saturated rings. The van der Waals surface area contributed by atoms with Gasteiger partial charge in [0.25, 0.3) is 5.91 Å². The zero-order chi connectivity index (χ0) is 12.0. The Morgan fingerprint density at radius 1 is 1.62 bits per heavy atom. The number of allylic oxidation sites excluding steroid dienone is 1. The van der Waals surface area contributed by atoms with Crippen molar-refractivity contribution in [2.24, 2.45) is 5.92 Å². The van der Waals surface area contributed by atoms with Crippen LogP contribution in [0.4, 0.5) is 0 Å². The lowest BCUT2D eigenvalue weighted by Gasteiger charge is -2.20. The highest BCUT2D eigenvalue weighted by atomic mass is 16.5. The van der Waals surface area contributed by atoms with Gasteiger partial charge in [-0.2, -0.15) is 0 Å². The van der Waals surface area contributed by atoms with Gasteiger partial charge in [0.2, 0.25) is 0 Å². The molecule has 1 aliphatic rings. The second-order valence-corrected chi connectivity index (χ2v) is 4.29. The lowest BCUT2D eigenvalue weighted by atomic mass is 10.1. The number of hydrogen-bond acceptors (Lipinski definition) is 3. The first-order chi connectivity index (χ1) is 7.65. The van der Waals surface area contributed by atoms with Crippen LogP contribution in [-0.4, -0.2) is 32.3 Å². The molecule has 16 heavy (non-hydrogen) atoms. The molecular weight excluding hydrogens is 206 g/mol. The quantitative estimate of drug-likeness (QED) is 0.773. The maximum atomic E-state index is 11.7. The predicted molar refractivity (Wildman–Crippen MR) is 61.9 cm³/mol. The van der Waals surface area contributed by atoms with Gasteiger partial charge in [0, 0.05) is 13.7 Å². The fraction of sp³-hybridized carbons (Fsp3) is 0.750. The third-order valence-corrected chi connectivity index (χ3v) is 2.67. The van der Waals surface area contributed by atoms with Crippen LogP contribution in [0.2, 0.25) is 0 Å². The molecule has 1 amide bonds. The van der Waals surface area contributed by atoms with Gasteiger partial charge in [0.05, 0.1) is 12.7 Å². The van der Waals surface area contributed by atoms with E-state index in [9.17, 15) is 4.79 Å². The van der Waals surface area contributed by atoms with Crippen molar-refractivity contribution in [1.29, 1.82) is 0 Å². The molecule has 0 aliphatic carbocycles. The van der Waals surface area contributed by atoms with Gasteiger partial charge in [-0.3, -0.25) is 4.79 Å². The fourth-order valence-corrected chi connectivity index (χ4v) is 1.59. The maximum absolute atomic E-state index is 11.7. The van der Waals surface area contributed by atoms with Gasteiger partial charge in [0.1, 0.15) is 0 Å². The van der Waals surface area contributed by atoms with Crippen molar-refractivity contribution < 1.29 is 14.3 Å². The molecule has 0 aromatic carbocycles. The molecule has 0 bridgehead atoms. The first-order valence-corrected chi connectivity index (χ1v) is 5.79. The Kier molecular flexibility index (Phi) is 5.32. The molecule has 1 rings (SSSR count). The summed E-state index contributed by atoms with van der Waals surface area (Å²) in [5.74, 6) is 0.693. The second-order valence-electron chi connectivity index (χ2n) is 4.29. The standard InChI is InChI=1S/C12H21NO3/c1-9(2)11(15-3)8-13-12(14)10-6-4-5-7-16-10/h6,9,11H,4-5,7-8H2,1-3H3,(H,13,14). The largest absolute Gasteiger partial charge is 0.488 e. The molecule has 0 saturated carbocycles. The van der Waals surface area contributed by atoms with Gasteiger partial charge >= 0.3 is 0 Å². The Balaban J connectivity index is 2.36. The molecule has 1 N–H and O–H groups in total. The summed E-state index contributed by atoms with van der Waals surface area (Å²) in [5, 5.41) is 2.83. The zero-order valence-corrected chi connectivity index (χ0v) is 10.3. The number of carbonyl (C=O) groups is 1. The molecule has 1 atom stereocenters. The fourth-order valence-electron chi connectivity index (χ4n) is 1.59. The number of methoxy groups -OCH3 is 1. The van der Waals surface area contributed by atoms with E-state index in [0.29, 0.717) is 24.8 Å². The highest BCUT2D eigenvalue weighted by Gasteiger charge is 2.17. The summed E-state index contributed by atoms with van der Waals surface area (Å²) in [6.45, 7) is 5.29. The minimum Gasteiger partial charge on any atom is -0.488 e. The molecule has 0 saturated heterocycles. The molecule has 1 heterocycles. The number of carbonyl (C=O) groups excluding carboxylic acids is 1. The van der Waals surface area contributed by atoms with Gasteiger partial charge in [0.15, 0.2) is 5.76 Å². The van der Waals surface area contributed by atoms with Crippen molar-refractivity contribution in [3.8, 4) is 0 Å². The number of rotatable bonds is 5. The summed E-state index contributed by atoms with van der Waals surface area (Å²) in [6.07, 6.45) is 3.80. The lowest BCUT2D eigenvalue weighted by molar-refractivity contribution is -0.121. The van der Waals surface area contributed by atoms with E-state index >= 15 is 0 Å². The minimum absolute atomic E-state index is 0.0492. The first kappa shape index (κ1) is 13.0. The summed E-state index contributed by atoms with van der Waals surface area (Å²) in [5.41, 5.74) is 0. The van der Waals surface area contributed by atoms with E-state index in [1.54, 1.807) is 7.11 Å². The highest BCUT2D eigenvalue weighted by molar-refractivity contribution is 5.91. The molecular formula is C12H21NO3. The average molecular weight is 227 g/mol. The second kappa shape index (κ2) is 6.53. The van der Waals surface area contributed by atoms with Crippen molar-refractivity contribution in [3.05, 3.63) is 11.8 Å². The molecule has 1 unspecified atom stereocenters. The van der Waals surface area contributed by atoms with E-state index in [4.69, 9.17) is 9.47 Å². The van der Waals surface area contributed by atoms with E-state index in [2.05, 4.69) is 19.2 Å². The predicted octanol–water partition coefficient (Wildman–Crippen LogP) is 1.47. The van der Waals surface area contributed by atoms with Crippen molar-refractivity contribution in [1.82, 2.24) is 5.32 Å². The molecule has 0 radical (unpaired) electrons. The molecule has 0 aromatic rings. The van der Waals surface area contributed by atoms with Crippen LogP contribution in [0.1, 0.15) is 26.7 Å². The highest BCUT2D eigenvalue weighted by Crippen LogP contribution is 2.10. The van der Waals surface area contributed by atoms with Crippen LogP contribution in [-0.2, 0) is 14.3 Å². The monoisotopic (exact) mass is 227 g/mol. The Morgan fingerprint density at radius 2 is 2.38 bits per heavy atom. The molecule has 0 spiro atoms. The average Bonchev–Trinajstić information content (AvgIpc) is 2.30. The van der Waals surface area contributed by atoms with Crippen LogP contribution >= 0.6 is 0 Å². The van der Waals surface area contributed by atoms with Crippen LogP contribution < -0.4 is 5.32 Å². The number of ether oxygens (including phenoxy) is 2. The Morgan fingerprint density at radius 3 is 2.88 bits per heavy atom. The summed E-state index contributed by atoms with van der Waals surface area (Å²) >= 11 is 0. The van der Waals surface area contributed by atoms with Crippen molar-refractivity contribution in [2.45, 2.75) is 32.8 Å². The van der Waals surface area contributed by atoms with Gasteiger partial charge in [-0.1, -0.05) is 13.8 Å². The minimum atomic E-state index is -0.137. The van der Waals surface area contributed by atoms with E-state index in [0.717, 1.165) is 12.8 Å². The van der Waals surface area contributed by atoms with Crippen LogP contribution in [0.25, 0.3) is 0 Å².